The third kappa shape index (κ3) is 5.56. The molecule has 3 heteroatoms. The van der Waals surface area contributed by atoms with Crippen LogP contribution in [0.15, 0.2) is 29.8 Å². The van der Waals surface area contributed by atoms with Crippen LogP contribution in [0.3, 0.4) is 0 Å². The van der Waals surface area contributed by atoms with Crippen molar-refractivity contribution in [2.45, 2.75) is 39.8 Å². The summed E-state index contributed by atoms with van der Waals surface area (Å²) in [4.78, 5) is 0. The number of benzene rings is 1. The first kappa shape index (κ1) is 15.1. The third-order valence-corrected chi connectivity index (χ3v) is 2.52. The monoisotopic (exact) mass is 267 g/mol. The summed E-state index contributed by atoms with van der Waals surface area (Å²) in [6.45, 7) is 13.2. The minimum absolute atomic E-state index is 0.0805. The highest BCUT2D eigenvalue weighted by Crippen LogP contribution is 2.21. The van der Waals surface area contributed by atoms with Gasteiger partial charge in [0.25, 0.3) is 0 Å². The maximum absolute atomic E-state index is 5.73. The lowest BCUT2D eigenvalue weighted by Gasteiger charge is -2.22. The summed E-state index contributed by atoms with van der Waals surface area (Å²) in [5.41, 5.74) is 2.44. The van der Waals surface area contributed by atoms with E-state index in [1.165, 1.54) is 5.56 Å². The zero-order chi connectivity index (χ0) is 13.8. The maximum atomic E-state index is 5.73. The molecule has 18 heavy (non-hydrogen) atoms. The molecule has 1 rings (SSSR count). The fraction of sp³-hybridized carbons (Fsp3) is 0.467. The normalized spacial score (nSPS) is 11.4. The zero-order valence-electron chi connectivity index (χ0n) is 11.6. The summed E-state index contributed by atoms with van der Waals surface area (Å²) in [6, 6.07) is 6.15. The molecule has 0 amide bonds. The Bertz CT molecular complexity index is 421. The molecule has 0 fully saturated rings. The summed E-state index contributed by atoms with van der Waals surface area (Å²) < 4.78 is 5.65. The summed E-state index contributed by atoms with van der Waals surface area (Å²) in [5, 5.41) is 3.96. The van der Waals surface area contributed by atoms with E-state index in [1.54, 1.807) is 0 Å². The minimum Gasteiger partial charge on any atom is -0.488 e. The van der Waals surface area contributed by atoms with Crippen molar-refractivity contribution in [2.75, 3.05) is 6.61 Å². The van der Waals surface area contributed by atoms with Gasteiger partial charge < -0.3 is 10.1 Å². The van der Waals surface area contributed by atoms with Crippen LogP contribution < -0.4 is 10.1 Å². The summed E-state index contributed by atoms with van der Waals surface area (Å²) in [6.07, 6.45) is 0. The van der Waals surface area contributed by atoms with Gasteiger partial charge in [0, 0.05) is 22.7 Å². The van der Waals surface area contributed by atoms with Crippen molar-refractivity contribution >= 4 is 11.6 Å². The van der Waals surface area contributed by atoms with Crippen LogP contribution in [-0.4, -0.2) is 12.1 Å². The van der Waals surface area contributed by atoms with Gasteiger partial charge in [0.15, 0.2) is 0 Å². The standard InChI is InChI=1S/C15H22ClNO/c1-11-6-7-14(18-10-12(2)16)13(8-11)9-17-15(3,4)5/h6-8,17H,2,9-10H2,1,3-5H3. The second kappa shape index (κ2) is 6.26. The first-order valence-corrected chi connectivity index (χ1v) is 6.46. The molecule has 0 atom stereocenters. The number of rotatable bonds is 5. The van der Waals surface area contributed by atoms with Crippen molar-refractivity contribution in [3.63, 3.8) is 0 Å². The second-order valence-corrected chi connectivity index (χ2v) is 6.06. The second-order valence-electron chi connectivity index (χ2n) is 5.52. The Morgan fingerprint density at radius 3 is 2.61 bits per heavy atom. The summed E-state index contributed by atoms with van der Waals surface area (Å²) >= 11 is 5.73. The Kier molecular flexibility index (Phi) is 5.24. The molecule has 2 nitrogen and oxygen atoms in total. The number of nitrogens with one attached hydrogen (secondary N) is 1. The highest BCUT2D eigenvalue weighted by Gasteiger charge is 2.11. The van der Waals surface area contributed by atoms with Crippen LogP contribution in [0.4, 0.5) is 0 Å². The number of ether oxygens (including phenoxy) is 1. The van der Waals surface area contributed by atoms with Crippen LogP contribution in [-0.2, 0) is 6.54 Å². The van der Waals surface area contributed by atoms with E-state index >= 15 is 0 Å². The van der Waals surface area contributed by atoms with E-state index in [4.69, 9.17) is 16.3 Å². The summed E-state index contributed by atoms with van der Waals surface area (Å²) in [5.74, 6) is 0.860. The molecule has 0 bridgehead atoms. The van der Waals surface area contributed by atoms with Gasteiger partial charge in [0.05, 0.1) is 0 Å². The van der Waals surface area contributed by atoms with E-state index in [9.17, 15) is 0 Å². The SMILES string of the molecule is C=C(Cl)COc1ccc(C)cc1CNC(C)(C)C. The zero-order valence-corrected chi connectivity index (χ0v) is 12.4. The van der Waals surface area contributed by atoms with Crippen molar-refractivity contribution in [3.05, 3.63) is 40.9 Å². The van der Waals surface area contributed by atoms with Crippen LogP contribution in [0, 0.1) is 6.92 Å². The average molecular weight is 268 g/mol. The highest BCUT2D eigenvalue weighted by molar-refractivity contribution is 6.29. The molecule has 0 aromatic heterocycles. The molecule has 0 saturated carbocycles. The quantitative estimate of drug-likeness (QED) is 0.870. The Balaban J connectivity index is 2.79. The molecule has 0 saturated heterocycles. The fourth-order valence-electron chi connectivity index (χ4n) is 1.50. The Morgan fingerprint density at radius 1 is 1.39 bits per heavy atom. The van der Waals surface area contributed by atoms with Gasteiger partial charge in [-0.1, -0.05) is 35.9 Å². The van der Waals surface area contributed by atoms with Gasteiger partial charge in [0.1, 0.15) is 12.4 Å². The molecule has 1 N–H and O–H groups in total. The topological polar surface area (TPSA) is 21.3 Å². The number of halogens is 1. The average Bonchev–Trinajstić information content (AvgIpc) is 2.23. The van der Waals surface area contributed by atoms with E-state index in [0.29, 0.717) is 11.6 Å². The third-order valence-electron chi connectivity index (χ3n) is 2.41. The molecule has 0 aliphatic heterocycles. The molecule has 1 aromatic carbocycles. The van der Waals surface area contributed by atoms with Crippen molar-refractivity contribution < 1.29 is 4.74 Å². The van der Waals surface area contributed by atoms with Gasteiger partial charge in [-0.3, -0.25) is 0 Å². The minimum atomic E-state index is 0.0805. The van der Waals surface area contributed by atoms with E-state index in [2.05, 4.69) is 45.7 Å². The van der Waals surface area contributed by atoms with Crippen molar-refractivity contribution in [1.29, 1.82) is 0 Å². The first-order chi connectivity index (χ1) is 8.28. The lowest BCUT2D eigenvalue weighted by molar-refractivity contribution is 0.349. The molecule has 0 unspecified atom stereocenters. The number of aryl methyl sites for hydroxylation is 1. The van der Waals surface area contributed by atoms with Crippen molar-refractivity contribution in [2.24, 2.45) is 0 Å². The Morgan fingerprint density at radius 2 is 2.06 bits per heavy atom. The van der Waals surface area contributed by atoms with Gasteiger partial charge in [-0.2, -0.15) is 0 Å². The molecule has 0 spiro atoms. The lowest BCUT2D eigenvalue weighted by atomic mass is 10.1. The predicted octanol–water partition coefficient (Wildman–Crippen LogP) is 4.01. The van der Waals surface area contributed by atoms with E-state index in [1.807, 2.05) is 12.1 Å². The van der Waals surface area contributed by atoms with Crippen LogP contribution in [0.5, 0.6) is 5.75 Å². The fourth-order valence-corrected chi connectivity index (χ4v) is 1.56. The Hall–Kier alpha value is -0.990. The van der Waals surface area contributed by atoms with Gasteiger partial charge >= 0.3 is 0 Å². The molecular formula is C15H22ClNO. The van der Waals surface area contributed by atoms with Crippen molar-refractivity contribution in [3.8, 4) is 5.75 Å². The maximum Gasteiger partial charge on any atom is 0.124 e. The van der Waals surface area contributed by atoms with Crippen molar-refractivity contribution in [1.82, 2.24) is 5.32 Å². The largest absolute Gasteiger partial charge is 0.488 e. The molecule has 0 aliphatic carbocycles. The molecule has 0 radical (unpaired) electrons. The molecule has 0 aliphatic rings. The highest BCUT2D eigenvalue weighted by atomic mass is 35.5. The van der Waals surface area contributed by atoms with Crippen LogP contribution in [0.1, 0.15) is 31.9 Å². The first-order valence-electron chi connectivity index (χ1n) is 6.08. The summed E-state index contributed by atoms with van der Waals surface area (Å²) in [7, 11) is 0. The number of hydrogen-bond acceptors (Lipinski definition) is 2. The smallest absolute Gasteiger partial charge is 0.124 e. The van der Waals surface area contributed by atoms with Gasteiger partial charge in [-0.15, -0.1) is 0 Å². The molecule has 1 aromatic rings. The van der Waals surface area contributed by atoms with Gasteiger partial charge in [0.2, 0.25) is 0 Å². The molecule has 100 valence electrons. The van der Waals surface area contributed by atoms with Gasteiger partial charge in [-0.25, -0.2) is 0 Å². The van der Waals surface area contributed by atoms with Crippen LogP contribution in [0.2, 0.25) is 0 Å². The molecule has 0 heterocycles. The van der Waals surface area contributed by atoms with Crippen LogP contribution in [0.25, 0.3) is 0 Å². The van der Waals surface area contributed by atoms with Gasteiger partial charge in [-0.05, 0) is 33.8 Å². The van der Waals surface area contributed by atoms with E-state index in [0.717, 1.165) is 17.9 Å². The molecular weight excluding hydrogens is 246 g/mol. The van der Waals surface area contributed by atoms with E-state index < -0.39 is 0 Å². The van der Waals surface area contributed by atoms with Crippen LogP contribution >= 0.6 is 11.6 Å². The number of hydrogen-bond donors (Lipinski definition) is 1. The van der Waals surface area contributed by atoms with E-state index in [-0.39, 0.29) is 5.54 Å². The predicted molar refractivity (Wildman–Crippen MR) is 78.3 cm³/mol. The lowest BCUT2D eigenvalue weighted by Crippen LogP contribution is -2.35. The Labute approximate surface area is 115 Å².